The van der Waals surface area contributed by atoms with Crippen LogP contribution in [0.3, 0.4) is 0 Å². The normalized spacial score (nSPS) is 20.6. The zero-order chi connectivity index (χ0) is 19.8. The first-order valence-corrected chi connectivity index (χ1v) is 10.9. The maximum absolute atomic E-state index is 4.47. The lowest BCUT2D eigenvalue weighted by Crippen LogP contribution is -2.59. The standard InChI is InChI=1S/C22H38N6/c1-23-21(25-17-19-10-13-24-20(16-19)27(2)3)26-18-22(11-6-4-7-12-22)28-14-8-5-9-15-28/h10,13,16H,4-9,11-12,14-15,17-18H2,1-3H3,(H2,23,25,26). The van der Waals surface area contributed by atoms with E-state index in [-0.39, 0.29) is 0 Å². The minimum absolute atomic E-state index is 0.311. The second-order valence-corrected chi connectivity index (χ2v) is 8.53. The molecule has 0 atom stereocenters. The first kappa shape index (κ1) is 20.9. The molecule has 6 heteroatoms. The Balaban J connectivity index is 1.58. The van der Waals surface area contributed by atoms with Gasteiger partial charge in [0.05, 0.1) is 0 Å². The van der Waals surface area contributed by atoms with Crippen LogP contribution in [0.1, 0.15) is 56.9 Å². The predicted octanol–water partition coefficient (Wildman–Crippen LogP) is 3.00. The van der Waals surface area contributed by atoms with Gasteiger partial charge in [-0.05, 0) is 56.5 Å². The van der Waals surface area contributed by atoms with Crippen LogP contribution in [0.4, 0.5) is 5.82 Å². The van der Waals surface area contributed by atoms with E-state index in [9.17, 15) is 0 Å². The van der Waals surface area contributed by atoms with E-state index in [1.54, 1.807) is 0 Å². The van der Waals surface area contributed by atoms with Crippen LogP contribution in [-0.2, 0) is 6.54 Å². The Kier molecular flexibility index (Phi) is 7.54. The van der Waals surface area contributed by atoms with Gasteiger partial charge in [0.25, 0.3) is 0 Å². The Labute approximate surface area is 170 Å². The summed E-state index contributed by atoms with van der Waals surface area (Å²) in [6, 6.07) is 4.18. The molecule has 28 heavy (non-hydrogen) atoms. The molecule has 156 valence electrons. The number of nitrogens with one attached hydrogen (secondary N) is 2. The smallest absolute Gasteiger partial charge is 0.191 e. The predicted molar refractivity (Wildman–Crippen MR) is 118 cm³/mol. The molecule has 1 aromatic rings. The number of piperidine rings is 1. The summed E-state index contributed by atoms with van der Waals surface area (Å²) in [4.78, 5) is 13.7. The van der Waals surface area contributed by atoms with E-state index >= 15 is 0 Å². The Morgan fingerprint density at radius 2 is 1.82 bits per heavy atom. The van der Waals surface area contributed by atoms with Gasteiger partial charge in [-0.2, -0.15) is 0 Å². The lowest BCUT2D eigenvalue weighted by atomic mass is 9.79. The maximum atomic E-state index is 4.47. The number of likely N-dealkylation sites (tertiary alicyclic amines) is 1. The van der Waals surface area contributed by atoms with Crippen molar-refractivity contribution in [1.82, 2.24) is 20.5 Å². The highest BCUT2D eigenvalue weighted by atomic mass is 15.3. The van der Waals surface area contributed by atoms with Gasteiger partial charge in [0, 0.05) is 46.0 Å². The van der Waals surface area contributed by atoms with E-state index in [2.05, 4.69) is 37.6 Å². The first-order chi connectivity index (χ1) is 13.6. The fraction of sp³-hybridized carbons (Fsp3) is 0.727. The van der Waals surface area contributed by atoms with Gasteiger partial charge in [-0.3, -0.25) is 9.89 Å². The summed E-state index contributed by atoms with van der Waals surface area (Å²) in [6.07, 6.45) is 12.7. The van der Waals surface area contributed by atoms with E-state index in [1.807, 2.05) is 32.2 Å². The molecule has 1 aliphatic heterocycles. The molecule has 2 aliphatic rings. The van der Waals surface area contributed by atoms with Crippen molar-refractivity contribution in [1.29, 1.82) is 0 Å². The third kappa shape index (κ3) is 5.37. The number of hydrogen-bond acceptors (Lipinski definition) is 4. The van der Waals surface area contributed by atoms with Crippen molar-refractivity contribution in [3.8, 4) is 0 Å². The number of aliphatic imine (C=N–C) groups is 1. The lowest BCUT2D eigenvalue weighted by molar-refractivity contribution is 0.0368. The SMILES string of the molecule is CN=C(NCc1ccnc(N(C)C)c1)NCC1(N2CCCCC2)CCCCC1. The molecule has 0 unspecified atom stereocenters. The van der Waals surface area contributed by atoms with Gasteiger partial charge in [0.2, 0.25) is 0 Å². The summed E-state index contributed by atoms with van der Waals surface area (Å²) in [5.41, 5.74) is 1.52. The monoisotopic (exact) mass is 386 g/mol. The molecule has 1 saturated heterocycles. The molecule has 6 nitrogen and oxygen atoms in total. The molecule has 2 N–H and O–H groups in total. The summed E-state index contributed by atoms with van der Waals surface area (Å²) in [5, 5.41) is 7.14. The van der Waals surface area contributed by atoms with Crippen LogP contribution in [0.2, 0.25) is 0 Å². The molecule has 0 radical (unpaired) electrons. The molecule has 0 spiro atoms. The molecule has 0 amide bonds. The maximum Gasteiger partial charge on any atom is 0.191 e. The Bertz CT molecular complexity index is 630. The molecule has 1 aliphatic carbocycles. The summed E-state index contributed by atoms with van der Waals surface area (Å²) in [5.74, 6) is 1.87. The molecular weight excluding hydrogens is 348 g/mol. The third-order valence-electron chi connectivity index (χ3n) is 6.35. The Morgan fingerprint density at radius 3 is 2.50 bits per heavy atom. The number of nitrogens with zero attached hydrogens (tertiary/aromatic N) is 4. The Morgan fingerprint density at radius 1 is 1.11 bits per heavy atom. The van der Waals surface area contributed by atoms with E-state index in [0.29, 0.717) is 5.54 Å². The summed E-state index contributed by atoms with van der Waals surface area (Å²) in [7, 11) is 5.90. The fourth-order valence-corrected chi connectivity index (χ4v) is 4.65. The number of hydrogen-bond donors (Lipinski definition) is 2. The average Bonchev–Trinajstić information content (AvgIpc) is 2.75. The molecule has 0 bridgehead atoms. The van der Waals surface area contributed by atoms with Gasteiger partial charge < -0.3 is 15.5 Å². The number of pyridine rings is 1. The van der Waals surface area contributed by atoms with Crippen molar-refractivity contribution in [2.24, 2.45) is 4.99 Å². The van der Waals surface area contributed by atoms with Crippen molar-refractivity contribution >= 4 is 11.8 Å². The molecule has 0 aromatic carbocycles. The Hall–Kier alpha value is -1.82. The van der Waals surface area contributed by atoms with Crippen LogP contribution in [0, 0.1) is 0 Å². The van der Waals surface area contributed by atoms with Gasteiger partial charge >= 0.3 is 0 Å². The van der Waals surface area contributed by atoms with Crippen LogP contribution >= 0.6 is 0 Å². The average molecular weight is 387 g/mol. The van der Waals surface area contributed by atoms with Crippen molar-refractivity contribution in [2.45, 2.75) is 63.5 Å². The summed E-state index contributed by atoms with van der Waals surface area (Å²) in [6.45, 7) is 4.27. The second kappa shape index (κ2) is 10.1. The number of rotatable bonds is 6. The van der Waals surface area contributed by atoms with Crippen LogP contribution in [0.25, 0.3) is 0 Å². The molecule has 2 fully saturated rings. The van der Waals surface area contributed by atoms with Crippen molar-refractivity contribution in [3.05, 3.63) is 23.9 Å². The third-order valence-corrected chi connectivity index (χ3v) is 6.35. The number of aromatic nitrogens is 1. The first-order valence-electron chi connectivity index (χ1n) is 10.9. The van der Waals surface area contributed by atoms with Gasteiger partial charge in [-0.25, -0.2) is 4.98 Å². The molecule has 1 saturated carbocycles. The van der Waals surface area contributed by atoms with Gasteiger partial charge in [-0.1, -0.05) is 25.7 Å². The van der Waals surface area contributed by atoms with Crippen molar-refractivity contribution < 1.29 is 0 Å². The molecular formula is C22H38N6. The molecule has 2 heterocycles. The zero-order valence-corrected chi connectivity index (χ0v) is 18.0. The number of anilines is 1. The van der Waals surface area contributed by atoms with Crippen LogP contribution in [-0.4, -0.2) is 62.2 Å². The number of guanidine groups is 1. The van der Waals surface area contributed by atoms with Crippen molar-refractivity contribution in [3.63, 3.8) is 0 Å². The van der Waals surface area contributed by atoms with Gasteiger partial charge in [0.1, 0.15) is 5.82 Å². The highest BCUT2D eigenvalue weighted by molar-refractivity contribution is 5.79. The van der Waals surface area contributed by atoms with E-state index < -0.39 is 0 Å². The highest BCUT2D eigenvalue weighted by Gasteiger charge is 2.38. The van der Waals surface area contributed by atoms with Crippen LogP contribution < -0.4 is 15.5 Å². The minimum Gasteiger partial charge on any atom is -0.363 e. The second-order valence-electron chi connectivity index (χ2n) is 8.53. The van der Waals surface area contributed by atoms with E-state index in [4.69, 9.17) is 0 Å². The lowest BCUT2D eigenvalue weighted by Gasteiger charge is -2.48. The topological polar surface area (TPSA) is 55.8 Å². The fourth-order valence-electron chi connectivity index (χ4n) is 4.65. The quantitative estimate of drug-likeness (QED) is 0.581. The summed E-state index contributed by atoms with van der Waals surface area (Å²) >= 11 is 0. The van der Waals surface area contributed by atoms with Gasteiger partial charge in [0.15, 0.2) is 5.96 Å². The molecule has 1 aromatic heterocycles. The largest absolute Gasteiger partial charge is 0.363 e. The zero-order valence-electron chi connectivity index (χ0n) is 18.0. The summed E-state index contributed by atoms with van der Waals surface area (Å²) < 4.78 is 0. The van der Waals surface area contributed by atoms with Crippen LogP contribution in [0.15, 0.2) is 23.3 Å². The highest BCUT2D eigenvalue weighted by Crippen LogP contribution is 2.35. The van der Waals surface area contributed by atoms with Crippen LogP contribution in [0.5, 0.6) is 0 Å². The minimum atomic E-state index is 0.311. The van der Waals surface area contributed by atoms with E-state index in [0.717, 1.165) is 24.9 Å². The van der Waals surface area contributed by atoms with Gasteiger partial charge in [-0.15, -0.1) is 0 Å². The molecule has 3 rings (SSSR count). The van der Waals surface area contributed by atoms with Crippen molar-refractivity contribution in [2.75, 3.05) is 45.7 Å². The van der Waals surface area contributed by atoms with E-state index in [1.165, 1.54) is 70.0 Å².